The third-order valence-corrected chi connectivity index (χ3v) is 2.89. The van der Waals surface area contributed by atoms with Crippen LogP contribution >= 0.6 is 0 Å². The van der Waals surface area contributed by atoms with Gasteiger partial charge in [-0.15, -0.1) is 5.10 Å². The van der Waals surface area contributed by atoms with Gasteiger partial charge < -0.3 is 5.73 Å². The number of rotatable bonds is 1. The van der Waals surface area contributed by atoms with Crippen molar-refractivity contribution in [2.24, 2.45) is 0 Å². The Labute approximate surface area is 115 Å². The van der Waals surface area contributed by atoms with E-state index >= 15 is 0 Å². The van der Waals surface area contributed by atoms with Gasteiger partial charge in [0, 0.05) is 11.8 Å². The zero-order chi connectivity index (χ0) is 15.2. The number of aromatic nitrogens is 3. The lowest BCUT2D eigenvalue weighted by Gasteiger charge is -2.07. The summed E-state index contributed by atoms with van der Waals surface area (Å²) in [6.07, 6.45) is -3.71. The minimum Gasteiger partial charge on any atom is -0.396 e. The van der Waals surface area contributed by atoms with E-state index in [2.05, 4.69) is 10.1 Å². The molecule has 0 atom stereocenters. The monoisotopic (exact) mass is 296 g/mol. The number of alkyl halides is 3. The van der Waals surface area contributed by atoms with Crippen LogP contribution in [-0.2, 0) is 6.18 Å². The van der Waals surface area contributed by atoms with E-state index in [9.17, 15) is 17.6 Å². The second-order valence-electron chi connectivity index (χ2n) is 4.39. The van der Waals surface area contributed by atoms with Gasteiger partial charge in [-0.2, -0.15) is 13.2 Å². The van der Waals surface area contributed by atoms with Crippen LogP contribution in [0.2, 0.25) is 0 Å². The highest BCUT2D eigenvalue weighted by molar-refractivity contribution is 5.69. The normalized spacial score (nSPS) is 12.0. The fourth-order valence-corrected chi connectivity index (χ4v) is 1.89. The first-order valence-electron chi connectivity index (χ1n) is 5.83. The van der Waals surface area contributed by atoms with Crippen LogP contribution in [0.3, 0.4) is 0 Å². The summed E-state index contributed by atoms with van der Waals surface area (Å²) >= 11 is 0. The molecule has 0 aliphatic carbocycles. The Morgan fingerprint density at radius 2 is 1.76 bits per heavy atom. The highest BCUT2D eigenvalue weighted by Crippen LogP contribution is 2.31. The van der Waals surface area contributed by atoms with Gasteiger partial charge in [0.15, 0.2) is 11.5 Å². The molecule has 0 aliphatic rings. The van der Waals surface area contributed by atoms with Crippen LogP contribution in [0, 0.1) is 5.82 Å². The summed E-state index contributed by atoms with van der Waals surface area (Å²) in [7, 11) is 0. The van der Waals surface area contributed by atoms with Gasteiger partial charge in [-0.25, -0.2) is 13.9 Å². The van der Waals surface area contributed by atoms with Gasteiger partial charge in [-0.3, -0.25) is 0 Å². The lowest BCUT2D eigenvalue weighted by Crippen LogP contribution is -2.08. The molecule has 0 fully saturated rings. The van der Waals surface area contributed by atoms with E-state index in [-0.39, 0.29) is 17.2 Å². The zero-order valence-electron chi connectivity index (χ0n) is 10.4. The standard InChI is InChI=1S/C13H8F4N4/c14-9-3-1-7(2-4-9)11-19-12-10(18)5-8(13(15,16)17)6-21(12)20-11/h1-6H,18H2. The Hall–Kier alpha value is -2.64. The first kappa shape index (κ1) is 13.3. The Balaban J connectivity index is 2.16. The molecule has 0 amide bonds. The molecule has 0 spiro atoms. The maximum absolute atomic E-state index is 12.9. The minimum absolute atomic E-state index is 0.113. The summed E-state index contributed by atoms with van der Waals surface area (Å²) in [5.41, 5.74) is 5.13. The molecule has 2 heterocycles. The molecule has 0 saturated heterocycles. The molecule has 3 aromatic rings. The molecule has 2 aromatic heterocycles. The molecular weight excluding hydrogens is 288 g/mol. The van der Waals surface area contributed by atoms with Gasteiger partial charge in [0.25, 0.3) is 0 Å². The molecule has 0 radical (unpaired) electrons. The van der Waals surface area contributed by atoms with Crippen molar-refractivity contribution in [2.75, 3.05) is 5.73 Å². The van der Waals surface area contributed by atoms with Crippen molar-refractivity contribution in [3.63, 3.8) is 0 Å². The lowest BCUT2D eigenvalue weighted by molar-refractivity contribution is -0.137. The average Bonchev–Trinajstić information content (AvgIpc) is 2.83. The molecule has 0 saturated carbocycles. The SMILES string of the molecule is Nc1cc(C(F)(F)F)cn2nc(-c3ccc(F)cc3)nc12. The van der Waals surface area contributed by atoms with Gasteiger partial charge in [-0.1, -0.05) is 0 Å². The molecule has 21 heavy (non-hydrogen) atoms. The van der Waals surface area contributed by atoms with Crippen molar-refractivity contribution < 1.29 is 17.6 Å². The highest BCUT2D eigenvalue weighted by Gasteiger charge is 2.32. The van der Waals surface area contributed by atoms with E-state index in [1.165, 1.54) is 24.3 Å². The summed E-state index contributed by atoms with van der Waals surface area (Å²) < 4.78 is 52.0. The van der Waals surface area contributed by atoms with Crippen LogP contribution in [-0.4, -0.2) is 14.6 Å². The first-order chi connectivity index (χ1) is 9.84. The molecule has 0 aliphatic heterocycles. The molecule has 0 bridgehead atoms. The second-order valence-corrected chi connectivity index (χ2v) is 4.39. The number of nitrogen functional groups attached to an aromatic ring is 1. The number of anilines is 1. The quantitative estimate of drug-likeness (QED) is 0.702. The molecule has 1 aromatic carbocycles. The van der Waals surface area contributed by atoms with E-state index < -0.39 is 17.6 Å². The van der Waals surface area contributed by atoms with E-state index in [1.54, 1.807) is 0 Å². The fraction of sp³-hybridized carbons (Fsp3) is 0.0769. The van der Waals surface area contributed by atoms with Crippen LogP contribution in [0.4, 0.5) is 23.2 Å². The van der Waals surface area contributed by atoms with Crippen LogP contribution in [0.25, 0.3) is 17.0 Å². The van der Waals surface area contributed by atoms with E-state index in [1.807, 2.05) is 0 Å². The summed E-state index contributed by atoms with van der Waals surface area (Å²) in [6.45, 7) is 0. The largest absolute Gasteiger partial charge is 0.417 e. The Morgan fingerprint density at radius 3 is 2.38 bits per heavy atom. The minimum atomic E-state index is -4.52. The van der Waals surface area contributed by atoms with Crippen molar-refractivity contribution in [2.45, 2.75) is 6.18 Å². The fourth-order valence-electron chi connectivity index (χ4n) is 1.89. The summed E-state index contributed by atoms with van der Waals surface area (Å²) in [5, 5.41) is 3.95. The Bertz CT molecular complexity index is 805. The number of pyridine rings is 1. The van der Waals surface area contributed by atoms with E-state index in [0.717, 1.165) is 16.8 Å². The number of hydrogen-bond donors (Lipinski definition) is 1. The number of hydrogen-bond acceptors (Lipinski definition) is 3. The van der Waals surface area contributed by atoms with Gasteiger partial charge in [0.1, 0.15) is 5.82 Å². The van der Waals surface area contributed by atoms with Crippen LogP contribution in [0.1, 0.15) is 5.56 Å². The number of fused-ring (bicyclic) bond motifs is 1. The number of benzene rings is 1. The van der Waals surface area contributed by atoms with Gasteiger partial charge in [0.05, 0.1) is 11.3 Å². The summed E-state index contributed by atoms with van der Waals surface area (Å²) in [6, 6.07) is 6.10. The van der Waals surface area contributed by atoms with Crippen LogP contribution in [0.15, 0.2) is 36.5 Å². The van der Waals surface area contributed by atoms with Gasteiger partial charge in [0.2, 0.25) is 0 Å². The van der Waals surface area contributed by atoms with Crippen molar-refractivity contribution in [1.29, 1.82) is 0 Å². The second kappa shape index (κ2) is 4.44. The number of nitrogens with zero attached hydrogens (tertiary/aromatic N) is 3. The first-order valence-corrected chi connectivity index (χ1v) is 5.83. The molecule has 4 nitrogen and oxygen atoms in total. The van der Waals surface area contributed by atoms with E-state index in [0.29, 0.717) is 5.56 Å². The summed E-state index contributed by atoms with van der Waals surface area (Å²) in [4.78, 5) is 4.07. The van der Waals surface area contributed by atoms with Crippen LogP contribution < -0.4 is 5.73 Å². The summed E-state index contributed by atoms with van der Waals surface area (Å²) in [5.74, 6) is -0.262. The predicted octanol–water partition coefficient (Wildman–Crippen LogP) is 3.14. The molecule has 0 unspecified atom stereocenters. The molecule has 108 valence electrons. The molecule has 8 heteroatoms. The van der Waals surface area contributed by atoms with Crippen molar-refractivity contribution in [1.82, 2.24) is 14.6 Å². The Kier molecular flexibility index (Phi) is 2.82. The third-order valence-electron chi connectivity index (χ3n) is 2.89. The highest BCUT2D eigenvalue weighted by atomic mass is 19.4. The van der Waals surface area contributed by atoms with Crippen molar-refractivity contribution >= 4 is 11.3 Å². The Morgan fingerprint density at radius 1 is 1.10 bits per heavy atom. The number of halogens is 4. The smallest absolute Gasteiger partial charge is 0.396 e. The molecular formula is C13H8F4N4. The lowest BCUT2D eigenvalue weighted by atomic mass is 10.2. The molecule has 3 rings (SSSR count). The average molecular weight is 296 g/mol. The number of nitrogens with two attached hydrogens (primary N) is 1. The molecule has 2 N–H and O–H groups in total. The van der Waals surface area contributed by atoms with Crippen molar-refractivity contribution in [3.05, 3.63) is 47.9 Å². The van der Waals surface area contributed by atoms with Gasteiger partial charge in [-0.05, 0) is 30.3 Å². The maximum Gasteiger partial charge on any atom is 0.417 e. The predicted molar refractivity (Wildman–Crippen MR) is 67.8 cm³/mol. The maximum atomic E-state index is 12.9. The van der Waals surface area contributed by atoms with Crippen LogP contribution in [0.5, 0.6) is 0 Å². The topological polar surface area (TPSA) is 56.2 Å². The third kappa shape index (κ3) is 2.39. The zero-order valence-corrected chi connectivity index (χ0v) is 10.4. The van der Waals surface area contributed by atoms with Crippen molar-refractivity contribution in [3.8, 4) is 11.4 Å². The van der Waals surface area contributed by atoms with Gasteiger partial charge >= 0.3 is 6.18 Å². The van der Waals surface area contributed by atoms with E-state index in [4.69, 9.17) is 5.73 Å².